The number of hydrogen-bond acceptors (Lipinski definition) is 7. The van der Waals surface area contributed by atoms with Gasteiger partial charge in [0.15, 0.2) is 11.4 Å². The second-order valence-corrected chi connectivity index (χ2v) is 7.61. The van der Waals surface area contributed by atoms with Crippen molar-refractivity contribution < 1.29 is 14.4 Å². The smallest absolute Gasteiger partial charge is 0.247 e. The van der Waals surface area contributed by atoms with Crippen molar-refractivity contribution in [3.63, 3.8) is 0 Å². The Morgan fingerprint density at radius 3 is 2.27 bits per heavy atom. The third kappa shape index (κ3) is 4.40. The van der Waals surface area contributed by atoms with E-state index in [-0.39, 0.29) is 28.7 Å². The average Bonchev–Trinajstić information content (AvgIpc) is 3.02. The topological polar surface area (TPSA) is 114 Å². The molecule has 7 nitrogen and oxygen atoms in total. The maximum atomic E-state index is 12.9. The quantitative estimate of drug-likeness (QED) is 0.434. The summed E-state index contributed by atoms with van der Waals surface area (Å²) in [5, 5.41) is 21.0. The summed E-state index contributed by atoms with van der Waals surface area (Å²) in [5.74, 6) is -0.942. The highest BCUT2D eigenvalue weighted by Crippen LogP contribution is 2.35. The van der Waals surface area contributed by atoms with Gasteiger partial charge >= 0.3 is 0 Å². The lowest BCUT2D eigenvalue weighted by molar-refractivity contribution is -0.121. The monoisotopic (exact) mass is 416 g/mol. The van der Waals surface area contributed by atoms with Gasteiger partial charge in [-0.3, -0.25) is 14.4 Å². The second-order valence-electron chi connectivity index (χ2n) is 6.40. The third-order valence-corrected chi connectivity index (χ3v) is 5.57. The zero-order valence-electron chi connectivity index (χ0n) is 16.0. The number of hydrogen-bond donors (Lipinski definition) is 1. The first kappa shape index (κ1) is 20.8. The average molecular weight is 416 g/mol. The first-order valence-corrected chi connectivity index (χ1v) is 9.83. The number of ketones is 1. The maximum Gasteiger partial charge on any atom is 0.247 e. The fourth-order valence-corrected chi connectivity index (χ4v) is 3.99. The number of benzene rings is 2. The predicted octanol–water partition coefficient (Wildman–Crippen LogP) is 3.63. The first-order valence-electron chi connectivity index (χ1n) is 8.95. The van der Waals surface area contributed by atoms with E-state index in [0.717, 1.165) is 16.7 Å². The molecule has 0 unspecified atom stereocenters. The van der Waals surface area contributed by atoms with E-state index in [1.54, 1.807) is 48.5 Å². The molecule has 1 aliphatic rings. The predicted molar refractivity (Wildman–Crippen MR) is 113 cm³/mol. The number of imide groups is 1. The summed E-state index contributed by atoms with van der Waals surface area (Å²) in [5.41, 5.74) is 1.33. The number of rotatable bonds is 6. The highest BCUT2D eigenvalue weighted by Gasteiger charge is 2.41. The van der Waals surface area contributed by atoms with Gasteiger partial charge in [0.05, 0.1) is 10.9 Å². The Hall–Kier alpha value is -3.88. The zero-order chi connectivity index (χ0) is 21.7. The van der Waals surface area contributed by atoms with Crippen molar-refractivity contribution in [1.29, 1.82) is 10.5 Å². The van der Waals surface area contributed by atoms with Crippen LogP contribution in [0.4, 0.5) is 11.4 Å². The number of anilines is 2. The summed E-state index contributed by atoms with van der Waals surface area (Å²) in [6.45, 7) is 1.43. The number of carbonyl (C=O) groups is 3. The fourth-order valence-electron chi connectivity index (χ4n) is 2.88. The molecular formula is C22H16N4O3S. The molecule has 8 heteroatoms. The SMILES string of the molecule is CC(=O)c1ccc(N2C(=O)C[C@H](SC(Nc3ccccc3)=C(C#N)C#N)C2=O)cc1. The number of Topliss-reactive ketones (excluding diaryl/α,β-unsaturated/α-hetero) is 1. The van der Waals surface area contributed by atoms with E-state index in [1.165, 1.54) is 6.92 Å². The van der Waals surface area contributed by atoms with Gasteiger partial charge in [0.25, 0.3) is 0 Å². The minimum atomic E-state index is -0.784. The van der Waals surface area contributed by atoms with Crippen LogP contribution in [0.1, 0.15) is 23.7 Å². The summed E-state index contributed by atoms with van der Waals surface area (Å²) in [6.07, 6.45) is -0.0674. The molecule has 0 radical (unpaired) electrons. The Kier molecular flexibility index (Phi) is 6.31. The normalized spacial score (nSPS) is 15.3. The van der Waals surface area contributed by atoms with Crippen molar-refractivity contribution in [1.82, 2.24) is 0 Å². The third-order valence-electron chi connectivity index (χ3n) is 4.38. The van der Waals surface area contributed by atoms with Gasteiger partial charge in [0.1, 0.15) is 17.2 Å². The van der Waals surface area contributed by atoms with Crippen molar-refractivity contribution in [2.24, 2.45) is 0 Å². The van der Waals surface area contributed by atoms with Crippen molar-refractivity contribution in [2.75, 3.05) is 10.2 Å². The molecule has 2 amide bonds. The molecule has 148 valence electrons. The van der Waals surface area contributed by atoms with Crippen LogP contribution in [-0.2, 0) is 9.59 Å². The maximum absolute atomic E-state index is 12.9. The van der Waals surface area contributed by atoms with Crippen LogP contribution in [0.25, 0.3) is 0 Å². The Balaban J connectivity index is 1.84. The summed E-state index contributed by atoms with van der Waals surface area (Å²) < 4.78 is 0. The summed E-state index contributed by atoms with van der Waals surface area (Å²) in [4.78, 5) is 37.9. The van der Waals surface area contributed by atoms with E-state index in [0.29, 0.717) is 16.9 Å². The summed E-state index contributed by atoms with van der Waals surface area (Å²) >= 11 is 0.980. The number of nitrogens with one attached hydrogen (secondary N) is 1. The molecule has 0 aliphatic carbocycles. The molecular weight excluding hydrogens is 400 g/mol. The van der Waals surface area contributed by atoms with E-state index in [4.69, 9.17) is 0 Å². The van der Waals surface area contributed by atoms with Crippen LogP contribution in [0.2, 0.25) is 0 Å². The Morgan fingerprint density at radius 2 is 1.70 bits per heavy atom. The molecule has 0 spiro atoms. The lowest BCUT2D eigenvalue weighted by Crippen LogP contribution is -2.31. The first-order chi connectivity index (χ1) is 14.4. The van der Waals surface area contributed by atoms with Crippen LogP contribution >= 0.6 is 11.8 Å². The van der Waals surface area contributed by atoms with Gasteiger partial charge in [-0.15, -0.1) is 0 Å². The van der Waals surface area contributed by atoms with Crippen LogP contribution in [0.15, 0.2) is 65.2 Å². The summed E-state index contributed by atoms with van der Waals surface area (Å²) in [6, 6.07) is 18.8. The molecule has 2 aromatic carbocycles. The van der Waals surface area contributed by atoms with Gasteiger partial charge < -0.3 is 5.32 Å². The van der Waals surface area contributed by atoms with Crippen LogP contribution < -0.4 is 10.2 Å². The minimum absolute atomic E-state index is 0.0674. The molecule has 1 saturated heterocycles. The Labute approximate surface area is 177 Å². The number of nitrogens with zero attached hydrogens (tertiary/aromatic N) is 3. The zero-order valence-corrected chi connectivity index (χ0v) is 16.8. The molecule has 1 fully saturated rings. The van der Waals surface area contributed by atoms with E-state index in [9.17, 15) is 24.9 Å². The number of para-hydroxylation sites is 1. The molecule has 0 aromatic heterocycles. The number of carbonyl (C=O) groups excluding carboxylic acids is 3. The van der Waals surface area contributed by atoms with E-state index >= 15 is 0 Å². The lowest BCUT2D eigenvalue weighted by atomic mass is 10.1. The summed E-state index contributed by atoms with van der Waals surface area (Å²) in [7, 11) is 0. The van der Waals surface area contributed by atoms with Gasteiger partial charge in [0, 0.05) is 17.7 Å². The standard InChI is InChI=1S/C22H16N4O3S/c1-14(27)15-7-9-18(10-8-15)26-20(28)11-19(22(26)29)30-21(16(12-23)13-24)25-17-5-3-2-4-6-17/h2-10,19,25H,11H2,1H3/t19-/m0/s1. The molecule has 1 N–H and O–H groups in total. The van der Waals surface area contributed by atoms with Crippen molar-refractivity contribution in [3.8, 4) is 12.1 Å². The van der Waals surface area contributed by atoms with Gasteiger partial charge in [0.2, 0.25) is 11.8 Å². The van der Waals surface area contributed by atoms with Crippen LogP contribution in [0.3, 0.4) is 0 Å². The molecule has 3 rings (SSSR count). The molecule has 0 saturated carbocycles. The highest BCUT2D eigenvalue weighted by molar-refractivity contribution is 8.04. The van der Waals surface area contributed by atoms with Crippen molar-refractivity contribution in [3.05, 3.63) is 70.8 Å². The molecule has 1 aliphatic heterocycles. The van der Waals surface area contributed by atoms with Gasteiger partial charge in [-0.05, 0) is 43.3 Å². The number of amides is 2. The van der Waals surface area contributed by atoms with Gasteiger partial charge in [-0.25, -0.2) is 4.90 Å². The van der Waals surface area contributed by atoms with Gasteiger partial charge in [-0.1, -0.05) is 30.0 Å². The van der Waals surface area contributed by atoms with Crippen LogP contribution in [0, 0.1) is 22.7 Å². The van der Waals surface area contributed by atoms with E-state index in [1.807, 2.05) is 18.2 Å². The minimum Gasteiger partial charge on any atom is -0.349 e. The molecule has 0 bridgehead atoms. The van der Waals surface area contributed by atoms with Crippen molar-refractivity contribution in [2.45, 2.75) is 18.6 Å². The Bertz CT molecular complexity index is 1100. The molecule has 30 heavy (non-hydrogen) atoms. The largest absolute Gasteiger partial charge is 0.349 e. The fraction of sp³-hybridized carbons (Fsp3) is 0.136. The molecule has 2 aromatic rings. The van der Waals surface area contributed by atoms with Crippen LogP contribution in [-0.4, -0.2) is 22.8 Å². The lowest BCUT2D eigenvalue weighted by Gasteiger charge is -2.16. The van der Waals surface area contributed by atoms with Crippen LogP contribution in [0.5, 0.6) is 0 Å². The molecule has 1 heterocycles. The van der Waals surface area contributed by atoms with Crippen molar-refractivity contribution >= 4 is 40.7 Å². The molecule has 1 atom stereocenters. The second kappa shape index (κ2) is 9.08. The van der Waals surface area contributed by atoms with E-state index < -0.39 is 11.2 Å². The van der Waals surface area contributed by atoms with E-state index in [2.05, 4.69) is 5.32 Å². The number of thioether (sulfide) groups is 1. The highest BCUT2D eigenvalue weighted by atomic mass is 32.2. The van der Waals surface area contributed by atoms with Gasteiger partial charge in [-0.2, -0.15) is 10.5 Å². The number of allylic oxidation sites excluding steroid dienone is 1. The Morgan fingerprint density at radius 1 is 1.07 bits per heavy atom. The number of nitriles is 2.